The van der Waals surface area contributed by atoms with Crippen LogP contribution in [0.3, 0.4) is 0 Å². The van der Waals surface area contributed by atoms with Gasteiger partial charge in [-0.3, -0.25) is 4.79 Å². The maximum atomic E-state index is 13.1. The molecule has 0 aliphatic carbocycles. The normalized spacial score (nSPS) is 15.7. The molecule has 4 rings (SSSR count). The molecule has 0 atom stereocenters. The van der Waals surface area contributed by atoms with Gasteiger partial charge in [0.1, 0.15) is 21.0 Å². The Morgan fingerprint density at radius 3 is 2.48 bits per heavy atom. The molecule has 0 N–H and O–H groups in total. The number of carbonyl (C=O) groups is 1. The zero-order valence-corrected chi connectivity index (χ0v) is 21.0. The molecule has 174 valence electrons. The predicted octanol–water partition coefficient (Wildman–Crippen LogP) is 4.36. The summed E-state index contributed by atoms with van der Waals surface area (Å²) in [6.45, 7) is 10.3. The number of thiophene rings is 1. The van der Waals surface area contributed by atoms with E-state index in [0.29, 0.717) is 16.3 Å². The zero-order chi connectivity index (χ0) is 24.0. The van der Waals surface area contributed by atoms with Crippen molar-refractivity contribution in [3.8, 4) is 6.07 Å². The van der Waals surface area contributed by atoms with Gasteiger partial charge in [0.25, 0.3) is 0 Å². The number of carbonyl (C=O) groups excluding carboxylic acids is 1. The van der Waals surface area contributed by atoms with Gasteiger partial charge in [0.05, 0.1) is 15.9 Å². The summed E-state index contributed by atoms with van der Waals surface area (Å²) in [7, 11) is -3.72. The lowest BCUT2D eigenvalue weighted by Gasteiger charge is -2.32. The molecule has 1 fully saturated rings. The van der Waals surface area contributed by atoms with Gasteiger partial charge in [-0.2, -0.15) is 5.26 Å². The van der Waals surface area contributed by atoms with Gasteiger partial charge in [0, 0.05) is 32.0 Å². The average Bonchev–Trinajstić information content (AvgIpc) is 3.39. The first-order valence-corrected chi connectivity index (χ1v) is 13.3. The molecule has 0 spiro atoms. The molecule has 7 nitrogen and oxygen atoms in total. The highest BCUT2D eigenvalue weighted by Gasteiger charge is 2.28. The third kappa shape index (κ3) is 4.55. The number of rotatable bonds is 4. The summed E-state index contributed by atoms with van der Waals surface area (Å²) in [4.78, 5) is 19.0. The van der Waals surface area contributed by atoms with Crippen molar-refractivity contribution in [3.63, 3.8) is 0 Å². The minimum absolute atomic E-state index is 0.123. The summed E-state index contributed by atoms with van der Waals surface area (Å²) in [5.74, 6) is 1.47. The van der Waals surface area contributed by atoms with Gasteiger partial charge in [-0.05, 0) is 49.1 Å². The lowest BCUT2D eigenvalue weighted by atomic mass is 9.93. The summed E-state index contributed by atoms with van der Waals surface area (Å²) < 4.78 is 28.6. The van der Waals surface area contributed by atoms with E-state index in [1.807, 2.05) is 17.0 Å². The van der Waals surface area contributed by atoms with Crippen LogP contribution in [0.4, 0.5) is 0 Å². The van der Waals surface area contributed by atoms with Gasteiger partial charge in [0.2, 0.25) is 15.7 Å². The van der Waals surface area contributed by atoms with E-state index in [4.69, 9.17) is 10.2 Å². The van der Waals surface area contributed by atoms with Crippen LogP contribution in [0.25, 0.3) is 11.0 Å². The number of benzene rings is 1. The maximum Gasteiger partial charge on any atom is 0.219 e. The molecular weight excluding hydrogens is 456 g/mol. The van der Waals surface area contributed by atoms with Gasteiger partial charge in [-0.25, -0.2) is 13.4 Å². The van der Waals surface area contributed by atoms with Gasteiger partial charge in [0.15, 0.2) is 0 Å². The second kappa shape index (κ2) is 8.58. The Bertz CT molecular complexity index is 1350. The van der Waals surface area contributed by atoms with Gasteiger partial charge in [-0.15, -0.1) is 11.3 Å². The molecule has 0 bridgehead atoms. The standard InChI is InChI=1S/C24H28N4O3S2/c1-16(29)27-11-9-17(10-12-27)15-28-21-7-6-19(13-20(21)26-23(28)24(2,3)4)33(30,31)22-8-5-18(14-25)32-22/h5-8,13,17H,9-12,15H2,1-4H3. The smallest absolute Gasteiger partial charge is 0.219 e. The Balaban J connectivity index is 1.70. The Morgan fingerprint density at radius 2 is 1.91 bits per heavy atom. The second-order valence-electron chi connectivity index (χ2n) is 9.63. The van der Waals surface area contributed by atoms with Crippen molar-refractivity contribution in [2.45, 2.75) is 61.6 Å². The zero-order valence-electron chi connectivity index (χ0n) is 19.3. The van der Waals surface area contributed by atoms with Crippen molar-refractivity contribution >= 4 is 38.1 Å². The number of hydrogen-bond acceptors (Lipinski definition) is 6. The topological polar surface area (TPSA) is 96.1 Å². The maximum absolute atomic E-state index is 13.1. The molecule has 9 heteroatoms. The average molecular weight is 485 g/mol. The number of likely N-dealkylation sites (tertiary alicyclic amines) is 1. The Morgan fingerprint density at radius 1 is 1.21 bits per heavy atom. The molecule has 0 radical (unpaired) electrons. The SMILES string of the molecule is CC(=O)N1CCC(Cn2c(C(C)(C)C)nc3cc(S(=O)(=O)c4ccc(C#N)s4)ccc32)CC1. The van der Waals surface area contributed by atoms with Gasteiger partial charge in [-0.1, -0.05) is 20.8 Å². The fourth-order valence-electron chi connectivity index (χ4n) is 4.36. The van der Waals surface area contributed by atoms with Crippen LogP contribution in [-0.4, -0.2) is 41.9 Å². The van der Waals surface area contributed by atoms with Crippen molar-refractivity contribution < 1.29 is 13.2 Å². The quantitative estimate of drug-likeness (QED) is 0.548. The van der Waals surface area contributed by atoms with Crippen LogP contribution in [0.1, 0.15) is 51.2 Å². The number of amides is 1. The first kappa shape index (κ1) is 23.5. The molecule has 33 heavy (non-hydrogen) atoms. The minimum atomic E-state index is -3.72. The van der Waals surface area contributed by atoms with Crippen LogP contribution in [0, 0.1) is 17.2 Å². The van der Waals surface area contributed by atoms with E-state index in [2.05, 4.69) is 25.3 Å². The van der Waals surface area contributed by atoms with Crippen LogP contribution in [-0.2, 0) is 26.6 Å². The number of fused-ring (bicyclic) bond motifs is 1. The first-order valence-electron chi connectivity index (χ1n) is 11.0. The number of aromatic nitrogens is 2. The summed E-state index contributed by atoms with van der Waals surface area (Å²) in [5.41, 5.74) is 1.35. The molecule has 1 aliphatic rings. The summed E-state index contributed by atoms with van der Waals surface area (Å²) in [5, 5.41) is 9.05. The van der Waals surface area contributed by atoms with Crippen molar-refractivity contribution in [3.05, 3.63) is 41.0 Å². The Kier molecular flexibility index (Phi) is 6.10. The predicted molar refractivity (Wildman–Crippen MR) is 128 cm³/mol. The van der Waals surface area contributed by atoms with Crippen molar-refractivity contribution in [2.24, 2.45) is 5.92 Å². The largest absolute Gasteiger partial charge is 0.343 e. The van der Waals surface area contributed by atoms with E-state index in [1.165, 1.54) is 12.1 Å². The highest BCUT2D eigenvalue weighted by molar-refractivity contribution is 7.93. The number of nitrogens with zero attached hydrogens (tertiary/aromatic N) is 4. The molecule has 3 heterocycles. The van der Waals surface area contributed by atoms with E-state index in [9.17, 15) is 13.2 Å². The molecule has 0 saturated carbocycles. The lowest BCUT2D eigenvalue weighted by molar-refractivity contribution is -0.130. The van der Waals surface area contributed by atoms with Crippen LogP contribution >= 0.6 is 11.3 Å². The van der Waals surface area contributed by atoms with Crippen LogP contribution in [0.2, 0.25) is 0 Å². The number of sulfone groups is 1. The van der Waals surface area contributed by atoms with Gasteiger partial charge < -0.3 is 9.47 Å². The molecule has 0 unspecified atom stereocenters. The molecule has 1 aliphatic heterocycles. The highest BCUT2D eigenvalue weighted by atomic mass is 32.2. The Labute approximate surface area is 198 Å². The van der Waals surface area contributed by atoms with E-state index in [0.717, 1.165) is 55.2 Å². The van der Waals surface area contributed by atoms with Crippen molar-refractivity contribution in [2.75, 3.05) is 13.1 Å². The summed E-state index contributed by atoms with van der Waals surface area (Å²) in [6, 6.07) is 10.1. The fourth-order valence-corrected chi connectivity index (χ4v) is 6.89. The van der Waals surface area contributed by atoms with Crippen molar-refractivity contribution in [1.29, 1.82) is 5.26 Å². The summed E-state index contributed by atoms with van der Waals surface area (Å²) in [6.07, 6.45) is 1.88. The fraction of sp³-hybridized carbons (Fsp3) is 0.458. The third-order valence-electron chi connectivity index (χ3n) is 6.16. The van der Waals surface area contributed by atoms with Crippen LogP contribution < -0.4 is 0 Å². The van der Waals surface area contributed by atoms with Crippen LogP contribution in [0.5, 0.6) is 0 Å². The first-order chi connectivity index (χ1) is 15.5. The third-order valence-corrected chi connectivity index (χ3v) is 9.39. The minimum Gasteiger partial charge on any atom is -0.343 e. The molecule has 2 aromatic heterocycles. The Hall–Kier alpha value is -2.70. The van der Waals surface area contributed by atoms with E-state index in [1.54, 1.807) is 19.1 Å². The summed E-state index contributed by atoms with van der Waals surface area (Å²) >= 11 is 0.975. The van der Waals surface area contributed by atoms with E-state index < -0.39 is 9.84 Å². The molecule has 1 amide bonds. The lowest BCUT2D eigenvalue weighted by Crippen LogP contribution is -2.38. The van der Waals surface area contributed by atoms with E-state index in [-0.39, 0.29) is 20.4 Å². The number of hydrogen-bond donors (Lipinski definition) is 0. The van der Waals surface area contributed by atoms with E-state index >= 15 is 0 Å². The molecule has 1 aromatic carbocycles. The monoisotopic (exact) mass is 484 g/mol. The number of imidazole rings is 1. The van der Waals surface area contributed by atoms with Crippen LogP contribution in [0.15, 0.2) is 39.4 Å². The highest BCUT2D eigenvalue weighted by Crippen LogP contribution is 2.33. The van der Waals surface area contributed by atoms with Gasteiger partial charge >= 0.3 is 0 Å². The molecular formula is C24H28N4O3S2. The number of piperidine rings is 1. The molecule has 3 aromatic rings. The second-order valence-corrected chi connectivity index (χ2v) is 12.9. The van der Waals surface area contributed by atoms with Crippen molar-refractivity contribution in [1.82, 2.24) is 14.5 Å². The molecule has 1 saturated heterocycles. The number of nitriles is 1.